The molecule has 3 heterocycles. The fraction of sp³-hybridized carbons (Fsp3) is 0.344. The lowest BCUT2D eigenvalue weighted by Gasteiger charge is -2.33. The van der Waals surface area contributed by atoms with Gasteiger partial charge in [0.15, 0.2) is 5.65 Å². The quantitative estimate of drug-likeness (QED) is 0.216. The summed E-state index contributed by atoms with van der Waals surface area (Å²) in [5.74, 6) is 0.295. The average Bonchev–Trinajstić information content (AvgIpc) is 3.63. The number of para-hydroxylation sites is 1. The van der Waals surface area contributed by atoms with Crippen LogP contribution in [0.1, 0.15) is 45.6 Å². The number of anilines is 1. The van der Waals surface area contributed by atoms with Crippen LogP contribution in [0.4, 0.5) is 10.2 Å². The number of nitrogens with zero attached hydrogens (tertiary/aromatic N) is 6. The zero-order chi connectivity index (χ0) is 30.1. The summed E-state index contributed by atoms with van der Waals surface area (Å²) in [6.45, 7) is 4.96. The van der Waals surface area contributed by atoms with Crippen LogP contribution in [-0.4, -0.2) is 55.2 Å². The van der Waals surface area contributed by atoms with Crippen molar-refractivity contribution in [1.82, 2.24) is 30.0 Å². The Hall–Kier alpha value is -4.82. The third-order valence-electron chi connectivity index (χ3n) is 7.86. The van der Waals surface area contributed by atoms with Crippen LogP contribution in [0, 0.1) is 17.1 Å². The van der Waals surface area contributed by atoms with Gasteiger partial charge in [-0.15, -0.1) is 0 Å². The summed E-state index contributed by atoms with van der Waals surface area (Å²) in [5.41, 5.74) is 7.14. The van der Waals surface area contributed by atoms with Crippen molar-refractivity contribution in [2.24, 2.45) is 0 Å². The Morgan fingerprint density at radius 3 is 2.70 bits per heavy atom. The maximum absolute atomic E-state index is 15.6. The number of hydrogen-bond acceptors (Lipinski definition) is 8. The van der Waals surface area contributed by atoms with Crippen molar-refractivity contribution in [2.45, 2.75) is 57.2 Å². The highest BCUT2D eigenvalue weighted by Crippen LogP contribution is 2.39. The Morgan fingerprint density at radius 2 is 2.00 bits per heavy atom. The van der Waals surface area contributed by atoms with Crippen LogP contribution in [0.15, 0.2) is 66.5 Å². The molecule has 43 heavy (non-hydrogen) atoms. The molecule has 4 aromatic rings. The predicted octanol–water partition coefficient (Wildman–Crippen LogP) is 5.15. The molecule has 0 bridgehead atoms. The number of nitrogens with one attached hydrogen (secondary N) is 1. The van der Waals surface area contributed by atoms with E-state index in [2.05, 4.69) is 35.2 Å². The predicted molar refractivity (Wildman–Crippen MR) is 160 cm³/mol. The molecule has 1 atom stereocenters. The lowest BCUT2D eigenvalue weighted by atomic mass is 10.0. The summed E-state index contributed by atoms with van der Waals surface area (Å²) in [4.78, 5) is 23.8. The fourth-order valence-electron chi connectivity index (χ4n) is 5.78. The van der Waals surface area contributed by atoms with E-state index < -0.39 is 5.82 Å². The van der Waals surface area contributed by atoms with Crippen LogP contribution < -0.4 is 15.8 Å². The van der Waals surface area contributed by atoms with Crippen molar-refractivity contribution >= 4 is 22.8 Å². The van der Waals surface area contributed by atoms with E-state index in [0.29, 0.717) is 47.7 Å². The van der Waals surface area contributed by atoms with Gasteiger partial charge in [-0.25, -0.2) is 19.0 Å². The molecule has 0 radical (unpaired) electrons. The van der Waals surface area contributed by atoms with Gasteiger partial charge in [-0.1, -0.05) is 32.0 Å². The molecule has 0 spiro atoms. The summed E-state index contributed by atoms with van der Waals surface area (Å²) in [7, 11) is 0. The molecule has 1 aliphatic carbocycles. The molecule has 2 fully saturated rings. The topological polar surface area (TPSA) is 135 Å². The third kappa shape index (κ3) is 5.79. The van der Waals surface area contributed by atoms with E-state index in [0.717, 1.165) is 19.3 Å². The van der Waals surface area contributed by atoms with Crippen LogP contribution >= 0.6 is 0 Å². The SMILES string of the molecule is CC(C)NC1(/C=C(\C#N)C(=O)N2CCC[C@@H](n3nc(-c4ccc(Oc5ccccc5)cc4F)c4c(N)ncnc43)C2)CC1. The summed E-state index contributed by atoms with van der Waals surface area (Å²) in [5, 5.41) is 18.6. The first-order valence-electron chi connectivity index (χ1n) is 14.5. The molecule has 1 saturated heterocycles. The minimum absolute atomic E-state index is 0.142. The number of halogens is 1. The van der Waals surface area contributed by atoms with Crippen LogP contribution in [0.25, 0.3) is 22.3 Å². The van der Waals surface area contributed by atoms with Gasteiger partial charge in [0, 0.05) is 36.3 Å². The minimum atomic E-state index is -0.531. The number of piperidine rings is 1. The summed E-state index contributed by atoms with van der Waals surface area (Å²) < 4.78 is 23.1. The standard InChI is InChI=1S/C32H33FN8O2/c1-20(2)38-32(12-13-32)16-21(17-34)31(42)40-14-6-7-22(18-40)41-30-27(29(35)36-19-37-30)28(39-41)25-11-10-24(15-26(25)33)43-23-8-4-3-5-9-23/h3-5,8-11,15-16,19-20,22,38H,6-7,12-14,18H2,1-2H3,(H2,35,36,37)/b21-16+/t22-/m1/s1. The first kappa shape index (κ1) is 28.3. The van der Waals surface area contributed by atoms with Crippen LogP contribution in [-0.2, 0) is 4.79 Å². The van der Waals surface area contributed by atoms with Crippen molar-refractivity contribution in [1.29, 1.82) is 5.26 Å². The van der Waals surface area contributed by atoms with E-state index in [9.17, 15) is 10.1 Å². The van der Waals surface area contributed by atoms with Gasteiger partial charge in [0.25, 0.3) is 5.91 Å². The zero-order valence-electron chi connectivity index (χ0n) is 24.1. The van der Waals surface area contributed by atoms with Crippen molar-refractivity contribution < 1.29 is 13.9 Å². The van der Waals surface area contributed by atoms with Gasteiger partial charge < -0.3 is 20.7 Å². The number of carbonyl (C=O) groups excluding carboxylic acids is 1. The molecular formula is C32H33FN8O2. The number of hydrogen-bond donors (Lipinski definition) is 2. The first-order chi connectivity index (χ1) is 20.8. The van der Waals surface area contributed by atoms with E-state index >= 15 is 4.39 Å². The van der Waals surface area contributed by atoms with Crippen molar-refractivity contribution in [2.75, 3.05) is 18.8 Å². The van der Waals surface area contributed by atoms with Crippen LogP contribution in [0.2, 0.25) is 0 Å². The Bertz CT molecular complexity index is 1740. The maximum atomic E-state index is 15.6. The second-order valence-corrected chi connectivity index (χ2v) is 11.5. The summed E-state index contributed by atoms with van der Waals surface area (Å²) >= 11 is 0. The molecule has 1 saturated carbocycles. The molecule has 0 unspecified atom stereocenters. The normalized spacial score (nSPS) is 18.1. The number of rotatable bonds is 8. The van der Waals surface area contributed by atoms with Gasteiger partial charge >= 0.3 is 0 Å². The summed E-state index contributed by atoms with van der Waals surface area (Å²) in [6.07, 6.45) is 6.37. The van der Waals surface area contributed by atoms with Crippen molar-refractivity contribution in [3.05, 3.63) is 72.3 Å². The van der Waals surface area contributed by atoms with Crippen molar-refractivity contribution in [3.8, 4) is 28.8 Å². The van der Waals surface area contributed by atoms with Crippen LogP contribution in [0.5, 0.6) is 11.5 Å². The summed E-state index contributed by atoms with van der Waals surface area (Å²) in [6, 6.07) is 15.8. The lowest BCUT2D eigenvalue weighted by Crippen LogP contribution is -2.42. The molecule has 2 aliphatic rings. The number of fused-ring (bicyclic) bond motifs is 1. The molecular weight excluding hydrogens is 547 g/mol. The third-order valence-corrected chi connectivity index (χ3v) is 7.86. The van der Waals surface area contributed by atoms with Gasteiger partial charge in [-0.2, -0.15) is 10.4 Å². The van der Waals surface area contributed by atoms with E-state index in [4.69, 9.17) is 15.6 Å². The monoisotopic (exact) mass is 580 g/mol. The molecule has 2 aromatic heterocycles. The zero-order valence-corrected chi connectivity index (χ0v) is 24.1. The van der Waals surface area contributed by atoms with Gasteiger partial charge in [0.1, 0.15) is 46.8 Å². The van der Waals surface area contributed by atoms with Crippen molar-refractivity contribution in [3.63, 3.8) is 0 Å². The van der Waals surface area contributed by atoms with Gasteiger partial charge in [-0.3, -0.25) is 4.79 Å². The lowest BCUT2D eigenvalue weighted by molar-refractivity contribution is -0.128. The highest BCUT2D eigenvalue weighted by Gasteiger charge is 2.42. The van der Waals surface area contributed by atoms with E-state index in [1.54, 1.807) is 39.9 Å². The first-order valence-corrected chi connectivity index (χ1v) is 14.5. The second-order valence-electron chi connectivity index (χ2n) is 11.5. The molecule has 6 rings (SSSR count). The number of carbonyl (C=O) groups is 1. The highest BCUT2D eigenvalue weighted by molar-refractivity contribution is 5.99. The Labute approximate surface area is 249 Å². The molecule has 2 aromatic carbocycles. The number of ether oxygens (including phenoxy) is 1. The van der Waals surface area contributed by atoms with Gasteiger partial charge in [0.2, 0.25) is 0 Å². The number of nitrogens with two attached hydrogens (primary N) is 1. The van der Waals surface area contributed by atoms with Crippen LogP contribution in [0.3, 0.4) is 0 Å². The number of nitrogen functional groups attached to an aromatic ring is 1. The highest BCUT2D eigenvalue weighted by atomic mass is 19.1. The van der Waals surface area contributed by atoms with E-state index in [1.807, 2.05) is 18.2 Å². The Balaban J connectivity index is 1.30. The second kappa shape index (κ2) is 11.5. The van der Waals surface area contributed by atoms with Gasteiger partial charge in [-0.05, 0) is 56.0 Å². The smallest absolute Gasteiger partial charge is 0.264 e. The van der Waals surface area contributed by atoms with E-state index in [-0.39, 0.29) is 40.5 Å². The number of likely N-dealkylation sites (tertiary alicyclic amines) is 1. The number of nitriles is 1. The maximum Gasteiger partial charge on any atom is 0.264 e. The number of amides is 1. The molecule has 220 valence electrons. The Kier molecular flexibility index (Phi) is 7.54. The average molecular weight is 581 g/mol. The molecule has 11 heteroatoms. The number of benzene rings is 2. The van der Waals surface area contributed by atoms with E-state index in [1.165, 1.54) is 12.4 Å². The fourth-order valence-corrected chi connectivity index (χ4v) is 5.78. The molecule has 10 nitrogen and oxygen atoms in total. The largest absolute Gasteiger partial charge is 0.457 e. The Morgan fingerprint density at radius 1 is 1.21 bits per heavy atom. The molecule has 1 aliphatic heterocycles. The molecule has 1 amide bonds. The van der Waals surface area contributed by atoms with Gasteiger partial charge in [0.05, 0.1) is 11.4 Å². The number of aromatic nitrogens is 4. The molecule has 3 N–H and O–H groups in total. The minimum Gasteiger partial charge on any atom is -0.457 e.